The van der Waals surface area contributed by atoms with Gasteiger partial charge in [-0.2, -0.15) is 0 Å². The molecule has 0 N–H and O–H groups in total. The van der Waals surface area contributed by atoms with Gasteiger partial charge in [0, 0.05) is 0 Å². The number of rotatable bonds is 4. The molecule has 152 valence electrons. The highest BCUT2D eigenvalue weighted by molar-refractivity contribution is 5.26. The Labute approximate surface area is 167 Å². The van der Waals surface area contributed by atoms with Crippen LogP contribution in [0.15, 0.2) is 35.9 Å². The quantitative estimate of drug-likeness (QED) is 0.506. The first-order valence-corrected chi connectivity index (χ1v) is 11.2. The van der Waals surface area contributed by atoms with Crippen molar-refractivity contribution in [2.45, 2.75) is 103 Å². The highest BCUT2D eigenvalue weighted by Gasteiger charge is 2.10. The maximum atomic E-state index is 6.31. The zero-order chi connectivity index (χ0) is 19.2. The van der Waals surface area contributed by atoms with Gasteiger partial charge in [-0.1, -0.05) is 68.7 Å². The van der Waals surface area contributed by atoms with Crippen LogP contribution in [0.2, 0.25) is 0 Å². The van der Waals surface area contributed by atoms with Crippen molar-refractivity contribution in [3.63, 3.8) is 0 Å². The summed E-state index contributed by atoms with van der Waals surface area (Å²) in [7, 11) is 1.71. The first-order valence-electron chi connectivity index (χ1n) is 11.2. The third-order valence-corrected chi connectivity index (χ3v) is 5.71. The molecular formula is C25H40O2. The van der Waals surface area contributed by atoms with Gasteiger partial charge in [-0.05, 0) is 63.1 Å². The molecule has 1 aliphatic carbocycles. The van der Waals surface area contributed by atoms with E-state index in [-0.39, 0.29) is 0 Å². The Bertz CT molecular complexity index is 518. The summed E-state index contributed by atoms with van der Waals surface area (Å²) < 4.78 is 11.6. The van der Waals surface area contributed by atoms with Crippen molar-refractivity contribution in [3.05, 3.63) is 41.5 Å². The van der Waals surface area contributed by atoms with Crippen molar-refractivity contribution in [1.82, 2.24) is 0 Å². The van der Waals surface area contributed by atoms with Gasteiger partial charge >= 0.3 is 0 Å². The molecule has 0 aromatic heterocycles. The molecule has 0 heterocycles. The predicted molar refractivity (Wildman–Crippen MR) is 115 cm³/mol. The summed E-state index contributed by atoms with van der Waals surface area (Å²) in [5.41, 5.74) is 2.83. The fourth-order valence-corrected chi connectivity index (χ4v) is 3.87. The molecule has 1 atom stereocenters. The minimum atomic E-state index is 0.407. The van der Waals surface area contributed by atoms with E-state index in [2.05, 4.69) is 25.1 Å². The summed E-state index contributed by atoms with van der Waals surface area (Å²) in [6.45, 7) is 3.03. The Morgan fingerprint density at radius 2 is 1.44 bits per heavy atom. The Morgan fingerprint density at radius 3 is 2.15 bits per heavy atom. The Hall–Kier alpha value is -1.28. The van der Waals surface area contributed by atoms with E-state index in [0.29, 0.717) is 12.7 Å². The van der Waals surface area contributed by atoms with Crippen LogP contribution in [-0.4, -0.2) is 13.2 Å². The molecule has 2 heteroatoms. The van der Waals surface area contributed by atoms with Crippen LogP contribution in [0.5, 0.6) is 5.75 Å². The van der Waals surface area contributed by atoms with E-state index in [0.717, 1.165) is 5.75 Å². The molecule has 0 saturated carbocycles. The van der Waals surface area contributed by atoms with Gasteiger partial charge in [-0.3, -0.25) is 0 Å². The molecule has 0 radical (unpaired) electrons. The van der Waals surface area contributed by atoms with Crippen LogP contribution >= 0.6 is 0 Å². The maximum Gasteiger partial charge on any atom is 0.118 e. The third kappa shape index (κ3) is 10.0. The molecule has 1 aliphatic rings. The molecule has 0 amide bonds. The summed E-state index contributed by atoms with van der Waals surface area (Å²) in [5, 5.41) is 0. The lowest BCUT2D eigenvalue weighted by atomic mass is 10.00. The molecule has 2 nitrogen and oxygen atoms in total. The van der Waals surface area contributed by atoms with Crippen molar-refractivity contribution >= 4 is 0 Å². The maximum absolute atomic E-state index is 6.31. The highest BCUT2D eigenvalue weighted by Crippen LogP contribution is 2.20. The minimum Gasteiger partial charge on any atom is -0.497 e. The monoisotopic (exact) mass is 372 g/mol. The summed E-state index contributed by atoms with van der Waals surface area (Å²) >= 11 is 0. The second-order valence-electron chi connectivity index (χ2n) is 8.13. The van der Waals surface area contributed by atoms with Crippen LogP contribution in [0.4, 0.5) is 0 Å². The molecule has 0 fully saturated rings. The zero-order valence-electron chi connectivity index (χ0n) is 17.7. The van der Waals surface area contributed by atoms with Crippen LogP contribution in [0.1, 0.15) is 96.0 Å². The number of hydrogen-bond acceptors (Lipinski definition) is 2. The van der Waals surface area contributed by atoms with E-state index in [1.165, 1.54) is 89.0 Å². The van der Waals surface area contributed by atoms with Crippen LogP contribution in [-0.2, 0) is 11.3 Å². The van der Waals surface area contributed by atoms with E-state index >= 15 is 0 Å². The highest BCUT2D eigenvalue weighted by atomic mass is 16.5. The summed E-state index contributed by atoms with van der Waals surface area (Å²) in [6.07, 6.45) is 20.0. The summed E-state index contributed by atoms with van der Waals surface area (Å²) in [4.78, 5) is 0. The SMILES string of the molecule is COc1ccc(COC2CCCC/C=C(/C)CCCCCCCCC2)cc1. The molecule has 1 aromatic rings. The smallest absolute Gasteiger partial charge is 0.118 e. The molecule has 0 bridgehead atoms. The predicted octanol–water partition coefficient (Wildman–Crippen LogP) is 7.61. The molecule has 1 aromatic carbocycles. The fourth-order valence-electron chi connectivity index (χ4n) is 3.87. The van der Waals surface area contributed by atoms with E-state index in [1.54, 1.807) is 12.7 Å². The number of allylic oxidation sites excluding steroid dienone is 2. The summed E-state index contributed by atoms with van der Waals surface area (Å²) in [5.74, 6) is 0.909. The number of hydrogen-bond donors (Lipinski definition) is 0. The molecule has 0 saturated heterocycles. The lowest BCUT2D eigenvalue weighted by molar-refractivity contribution is 0.0262. The zero-order valence-corrected chi connectivity index (χ0v) is 17.7. The van der Waals surface area contributed by atoms with Crippen molar-refractivity contribution < 1.29 is 9.47 Å². The topological polar surface area (TPSA) is 18.5 Å². The molecule has 2 rings (SSSR count). The van der Waals surface area contributed by atoms with Crippen LogP contribution in [0, 0.1) is 0 Å². The van der Waals surface area contributed by atoms with Gasteiger partial charge in [0.2, 0.25) is 0 Å². The minimum absolute atomic E-state index is 0.407. The Balaban J connectivity index is 1.80. The molecule has 27 heavy (non-hydrogen) atoms. The summed E-state index contributed by atoms with van der Waals surface area (Å²) in [6, 6.07) is 8.27. The van der Waals surface area contributed by atoms with Gasteiger partial charge in [-0.15, -0.1) is 0 Å². The average molecular weight is 373 g/mol. The van der Waals surface area contributed by atoms with Gasteiger partial charge < -0.3 is 9.47 Å². The fraction of sp³-hybridized carbons (Fsp3) is 0.680. The van der Waals surface area contributed by atoms with Gasteiger partial charge in [0.25, 0.3) is 0 Å². The second-order valence-corrected chi connectivity index (χ2v) is 8.13. The lowest BCUT2D eigenvalue weighted by Crippen LogP contribution is -2.13. The molecule has 1 unspecified atom stereocenters. The second kappa shape index (κ2) is 13.8. The molecule has 0 spiro atoms. The third-order valence-electron chi connectivity index (χ3n) is 5.71. The number of methoxy groups -OCH3 is 1. The Kier molecular flexibility index (Phi) is 11.3. The van der Waals surface area contributed by atoms with Crippen molar-refractivity contribution in [2.75, 3.05) is 7.11 Å². The Morgan fingerprint density at radius 1 is 0.815 bits per heavy atom. The van der Waals surface area contributed by atoms with Crippen LogP contribution in [0.3, 0.4) is 0 Å². The van der Waals surface area contributed by atoms with E-state index in [1.807, 2.05) is 12.1 Å². The van der Waals surface area contributed by atoms with Gasteiger partial charge in [0.05, 0.1) is 19.8 Å². The van der Waals surface area contributed by atoms with E-state index in [4.69, 9.17) is 9.47 Å². The standard InChI is InChI=1S/C25H40O2/c1-22-13-9-6-4-3-5-7-11-15-25(16-12-8-10-14-22)27-21-23-17-19-24(26-2)20-18-23/h14,17-20,25H,3-13,15-16,21H2,1-2H3/b22-14-. The largest absolute Gasteiger partial charge is 0.497 e. The van der Waals surface area contributed by atoms with Gasteiger partial charge in [0.15, 0.2) is 0 Å². The average Bonchev–Trinajstić information content (AvgIpc) is 2.69. The van der Waals surface area contributed by atoms with Crippen LogP contribution < -0.4 is 4.74 Å². The number of ether oxygens (including phenoxy) is 2. The first kappa shape index (κ1) is 22.0. The van der Waals surface area contributed by atoms with E-state index < -0.39 is 0 Å². The van der Waals surface area contributed by atoms with Crippen molar-refractivity contribution in [2.24, 2.45) is 0 Å². The lowest BCUT2D eigenvalue weighted by Gasteiger charge is -2.18. The van der Waals surface area contributed by atoms with E-state index in [9.17, 15) is 0 Å². The first-order chi connectivity index (χ1) is 13.3. The number of benzene rings is 1. The van der Waals surface area contributed by atoms with Gasteiger partial charge in [0.1, 0.15) is 5.75 Å². The van der Waals surface area contributed by atoms with Crippen molar-refractivity contribution in [1.29, 1.82) is 0 Å². The molecule has 0 aliphatic heterocycles. The van der Waals surface area contributed by atoms with Crippen molar-refractivity contribution in [3.8, 4) is 5.75 Å². The van der Waals surface area contributed by atoms with Crippen LogP contribution in [0.25, 0.3) is 0 Å². The molecular weight excluding hydrogens is 332 g/mol. The van der Waals surface area contributed by atoms with Gasteiger partial charge in [-0.25, -0.2) is 0 Å². The normalized spacial score (nSPS) is 23.3.